The highest BCUT2D eigenvalue weighted by Gasteiger charge is 2.14. The molecule has 3 nitrogen and oxygen atoms in total. The average Bonchev–Trinajstić information content (AvgIpc) is 2.67. The highest BCUT2D eigenvalue weighted by atomic mass is 35.5. The lowest BCUT2D eigenvalue weighted by Gasteiger charge is -2.09. The Bertz CT molecular complexity index is 300. The van der Waals surface area contributed by atoms with Crippen LogP contribution in [0, 0.1) is 5.92 Å². The first-order valence-electron chi connectivity index (χ1n) is 4.79. The third-order valence-electron chi connectivity index (χ3n) is 2.31. The number of aromatic nitrogens is 1. The van der Waals surface area contributed by atoms with E-state index in [1.807, 2.05) is 12.1 Å². The molecule has 0 aromatic carbocycles. The van der Waals surface area contributed by atoms with Crippen molar-refractivity contribution in [3.63, 3.8) is 0 Å². The van der Waals surface area contributed by atoms with Crippen LogP contribution in [-0.4, -0.2) is 24.7 Å². The van der Waals surface area contributed by atoms with E-state index in [1.165, 1.54) is 0 Å². The maximum Gasteiger partial charge on any atom is 0.131 e. The molecule has 2 heterocycles. The molecule has 76 valence electrons. The SMILES string of the molecule is Clc1cccc(NCC2CCOC2)n1. The van der Waals surface area contributed by atoms with Gasteiger partial charge in [-0.25, -0.2) is 4.98 Å². The molecule has 1 aromatic rings. The van der Waals surface area contributed by atoms with Crippen LogP contribution in [0.4, 0.5) is 5.82 Å². The fourth-order valence-electron chi connectivity index (χ4n) is 1.50. The van der Waals surface area contributed by atoms with Crippen LogP contribution in [0.1, 0.15) is 6.42 Å². The van der Waals surface area contributed by atoms with Crippen molar-refractivity contribution in [2.24, 2.45) is 5.92 Å². The van der Waals surface area contributed by atoms with Crippen molar-refractivity contribution in [3.8, 4) is 0 Å². The van der Waals surface area contributed by atoms with Gasteiger partial charge in [-0.15, -0.1) is 0 Å². The highest BCUT2D eigenvalue weighted by molar-refractivity contribution is 6.29. The summed E-state index contributed by atoms with van der Waals surface area (Å²) in [7, 11) is 0. The minimum absolute atomic E-state index is 0.526. The van der Waals surface area contributed by atoms with Gasteiger partial charge in [0.05, 0.1) is 6.61 Å². The fraction of sp³-hybridized carbons (Fsp3) is 0.500. The number of ether oxygens (including phenoxy) is 1. The van der Waals surface area contributed by atoms with Crippen LogP contribution in [-0.2, 0) is 4.74 Å². The summed E-state index contributed by atoms with van der Waals surface area (Å²) >= 11 is 5.76. The van der Waals surface area contributed by atoms with Gasteiger partial charge in [0, 0.05) is 19.1 Å². The summed E-state index contributed by atoms with van der Waals surface area (Å²) in [5, 5.41) is 3.78. The van der Waals surface area contributed by atoms with Crippen LogP contribution in [0.15, 0.2) is 18.2 Å². The number of anilines is 1. The molecule has 1 fully saturated rings. The van der Waals surface area contributed by atoms with Crippen molar-refractivity contribution >= 4 is 17.4 Å². The molecule has 1 atom stereocenters. The molecule has 0 saturated carbocycles. The molecule has 1 saturated heterocycles. The highest BCUT2D eigenvalue weighted by Crippen LogP contribution is 2.14. The zero-order valence-electron chi connectivity index (χ0n) is 7.87. The van der Waals surface area contributed by atoms with Crippen molar-refractivity contribution in [2.75, 3.05) is 25.1 Å². The molecule has 1 N–H and O–H groups in total. The molecule has 0 spiro atoms. The van der Waals surface area contributed by atoms with Gasteiger partial charge in [-0.1, -0.05) is 17.7 Å². The Morgan fingerprint density at radius 1 is 1.57 bits per heavy atom. The van der Waals surface area contributed by atoms with Crippen LogP contribution < -0.4 is 5.32 Å². The van der Waals surface area contributed by atoms with Crippen molar-refractivity contribution in [3.05, 3.63) is 23.4 Å². The normalized spacial score (nSPS) is 21.1. The molecule has 2 rings (SSSR count). The lowest BCUT2D eigenvalue weighted by molar-refractivity contribution is 0.187. The lowest BCUT2D eigenvalue weighted by Crippen LogP contribution is -2.14. The second kappa shape index (κ2) is 4.62. The third-order valence-corrected chi connectivity index (χ3v) is 2.52. The molecular weight excluding hydrogens is 200 g/mol. The quantitative estimate of drug-likeness (QED) is 0.780. The number of rotatable bonds is 3. The second-order valence-corrected chi connectivity index (χ2v) is 3.84. The van der Waals surface area contributed by atoms with E-state index in [0.29, 0.717) is 11.1 Å². The Hall–Kier alpha value is -0.800. The molecular formula is C10H13ClN2O. The summed E-state index contributed by atoms with van der Waals surface area (Å²) in [6, 6.07) is 5.58. The zero-order valence-corrected chi connectivity index (χ0v) is 8.63. The van der Waals surface area contributed by atoms with Crippen LogP contribution >= 0.6 is 11.6 Å². The first kappa shape index (κ1) is 9.74. The number of hydrogen-bond donors (Lipinski definition) is 1. The van der Waals surface area contributed by atoms with Gasteiger partial charge >= 0.3 is 0 Å². The summed E-state index contributed by atoms with van der Waals surface area (Å²) < 4.78 is 5.28. The van der Waals surface area contributed by atoms with E-state index in [2.05, 4.69) is 10.3 Å². The van der Waals surface area contributed by atoms with Crippen molar-refractivity contribution in [1.82, 2.24) is 4.98 Å². The molecule has 4 heteroatoms. The van der Waals surface area contributed by atoms with Crippen LogP contribution in [0.2, 0.25) is 5.15 Å². The van der Waals surface area contributed by atoms with Gasteiger partial charge in [0.2, 0.25) is 0 Å². The van der Waals surface area contributed by atoms with Crippen molar-refractivity contribution in [2.45, 2.75) is 6.42 Å². The predicted molar refractivity (Wildman–Crippen MR) is 56.7 cm³/mol. The fourth-order valence-corrected chi connectivity index (χ4v) is 1.66. The number of hydrogen-bond acceptors (Lipinski definition) is 3. The van der Waals surface area contributed by atoms with Gasteiger partial charge in [-0.3, -0.25) is 0 Å². The Kier molecular flexibility index (Phi) is 3.22. The summed E-state index contributed by atoms with van der Waals surface area (Å²) in [6.45, 7) is 2.65. The number of nitrogens with zero attached hydrogens (tertiary/aromatic N) is 1. The maximum absolute atomic E-state index is 5.76. The predicted octanol–water partition coefficient (Wildman–Crippen LogP) is 2.18. The molecule has 1 unspecified atom stereocenters. The largest absolute Gasteiger partial charge is 0.381 e. The standard InChI is InChI=1S/C10H13ClN2O/c11-9-2-1-3-10(13-9)12-6-8-4-5-14-7-8/h1-3,8H,4-7H2,(H,12,13). The Balaban J connectivity index is 1.85. The van der Waals surface area contributed by atoms with Crippen molar-refractivity contribution < 1.29 is 4.74 Å². The Morgan fingerprint density at radius 2 is 2.50 bits per heavy atom. The van der Waals surface area contributed by atoms with Gasteiger partial charge in [0.1, 0.15) is 11.0 Å². The van der Waals surface area contributed by atoms with E-state index < -0.39 is 0 Å². The minimum Gasteiger partial charge on any atom is -0.381 e. The van der Waals surface area contributed by atoms with Gasteiger partial charge < -0.3 is 10.1 Å². The first-order valence-corrected chi connectivity index (χ1v) is 5.16. The van der Waals surface area contributed by atoms with E-state index >= 15 is 0 Å². The first-order chi connectivity index (χ1) is 6.84. The summed E-state index contributed by atoms with van der Waals surface area (Å²) in [4.78, 5) is 4.15. The number of nitrogens with one attached hydrogen (secondary N) is 1. The Labute approximate surface area is 88.4 Å². The summed E-state index contributed by atoms with van der Waals surface area (Å²) in [5.41, 5.74) is 0. The van der Waals surface area contributed by atoms with E-state index in [-0.39, 0.29) is 0 Å². The molecule has 0 radical (unpaired) electrons. The van der Waals surface area contributed by atoms with E-state index in [1.54, 1.807) is 6.07 Å². The minimum atomic E-state index is 0.526. The molecule has 0 amide bonds. The van der Waals surface area contributed by atoms with Gasteiger partial charge in [-0.05, 0) is 18.6 Å². The number of halogens is 1. The zero-order chi connectivity index (χ0) is 9.80. The van der Waals surface area contributed by atoms with E-state index in [0.717, 1.165) is 32.0 Å². The average molecular weight is 213 g/mol. The monoisotopic (exact) mass is 212 g/mol. The molecule has 14 heavy (non-hydrogen) atoms. The number of pyridine rings is 1. The van der Waals surface area contributed by atoms with Crippen LogP contribution in [0.5, 0.6) is 0 Å². The van der Waals surface area contributed by atoms with E-state index in [4.69, 9.17) is 16.3 Å². The maximum atomic E-state index is 5.76. The van der Waals surface area contributed by atoms with Crippen molar-refractivity contribution in [1.29, 1.82) is 0 Å². The van der Waals surface area contributed by atoms with Crippen LogP contribution in [0.3, 0.4) is 0 Å². The van der Waals surface area contributed by atoms with Gasteiger partial charge in [-0.2, -0.15) is 0 Å². The van der Waals surface area contributed by atoms with E-state index in [9.17, 15) is 0 Å². The molecule has 0 bridgehead atoms. The molecule has 0 aliphatic carbocycles. The second-order valence-electron chi connectivity index (χ2n) is 3.46. The van der Waals surface area contributed by atoms with Crippen LogP contribution in [0.25, 0.3) is 0 Å². The summed E-state index contributed by atoms with van der Waals surface area (Å²) in [6.07, 6.45) is 1.13. The van der Waals surface area contributed by atoms with Gasteiger partial charge in [0.25, 0.3) is 0 Å². The van der Waals surface area contributed by atoms with Gasteiger partial charge in [0.15, 0.2) is 0 Å². The molecule has 1 aliphatic rings. The topological polar surface area (TPSA) is 34.1 Å². The smallest absolute Gasteiger partial charge is 0.131 e. The third kappa shape index (κ3) is 2.59. The molecule has 1 aromatic heterocycles. The summed E-state index contributed by atoms with van der Waals surface area (Å²) in [5.74, 6) is 1.44. The molecule has 1 aliphatic heterocycles. The lowest BCUT2D eigenvalue weighted by atomic mass is 10.1. The Morgan fingerprint density at radius 3 is 3.21 bits per heavy atom.